The normalized spacial score (nSPS) is 25.2. The van der Waals surface area contributed by atoms with Gasteiger partial charge in [0.2, 0.25) is 20.0 Å². The van der Waals surface area contributed by atoms with Crippen molar-refractivity contribution >= 4 is 37.3 Å². The van der Waals surface area contributed by atoms with Gasteiger partial charge in [0, 0.05) is 37.8 Å². The predicted molar refractivity (Wildman–Crippen MR) is 147 cm³/mol. The zero-order chi connectivity index (χ0) is 26.9. The van der Waals surface area contributed by atoms with Crippen LogP contribution >= 0.6 is 0 Å². The molecule has 3 aliphatic carbocycles. The van der Waals surface area contributed by atoms with Crippen LogP contribution in [0, 0.1) is 5.41 Å². The maximum Gasteiger partial charge on any atom is 0.258 e. The van der Waals surface area contributed by atoms with Crippen molar-refractivity contribution in [3.8, 4) is 0 Å². The van der Waals surface area contributed by atoms with E-state index in [1.54, 1.807) is 29.2 Å². The molecule has 0 atom stereocenters. The number of hydrogen-bond acceptors (Lipinski definition) is 5. The van der Waals surface area contributed by atoms with E-state index in [2.05, 4.69) is 9.44 Å². The number of carbonyl (C=O) groups excluding carboxylic acids is 1. The molecule has 0 unspecified atom stereocenters. The first kappa shape index (κ1) is 25.8. The highest BCUT2D eigenvalue weighted by Gasteiger charge is 2.53. The van der Waals surface area contributed by atoms with E-state index >= 15 is 0 Å². The Kier molecular flexibility index (Phi) is 5.94. The largest absolute Gasteiger partial charge is 0.307 e. The molecule has 0 bridgehead atoms. The van der Waals surface area contributed by atoms with E-state index in [1.165, 1.54) is 25.0 Å². The Labute approximate surface area is 226 Å². The first-order valence-electron chi connectivity index (χ1n) is 13.1. The molecule has 6 rings (SSSR count). The average molecular weight is 566 g/mol. The Balaban J connectivity index is 0.00000185. The molecular formula is C27H36FN3O5S2. The van der Waals surface area contributed by atoms with E-state index in [0.717, 1.165) is 43.2 Å². The second-order valence-electron chi connectivity index (χ2n) is 11.7. The number of sulfonamides is 2. The fraction of sp³-hybridized carbons (Fsp3) is 0.519. The molecule has 2 aromatic rings. The first-order valence-corrected chi connectivity index (χ1v) is 16.5. The van der Waals surface area contributed by atoms with Crippen LogP contribution in [0.25, 0.3) is 0 Å². The molecule has 0 aromatic heterocycles. The maximum atomic E-state index is 13.9. The van der Waals surface area contributed by atoms with Crippen LogP contribution in [0.3, 0.4) is 0 Å². The molecular weight excluding hydrogens is 529 g/mol. The van der Waals surface area contributed by atoms with Gasteiger partial charge in [-0.1, -0.05) is 6.07 Å². The lowest BCUT2D eigenvalue weighted by molar-refractivity contribution is 0.0980. The van der Waals surface area contributed by atoms with Gasteiger partial charge in [-0.05, 0) is 98.7 Å². The highest BCUT2D eigenvalue weighted by molar-refractivity contribution is 7.92. The second-order valence-corrected chi connectivity index (χ2v) is 15.2. The lowest BCUT2D eigenvalue weighted by Gasteiger charge is -2.38. The van der Waals surface area contributed by atoms with Crippen molar-refractivity contribution in [2.75, 3.05) is 22.4 Å². The summed E-state index contributed by atoms with van der Waals surface area (Å²) in [5.41, 5.74) is 2.58. The molecule has 0 radical (unpaired) electrons. The summed E-state index contributed by atoms with van der Waals surface area (Å²) in [6, 6.07) is 10.8. The summed E-state index contributed by atoms with van der Waals surface area (Å²) >= 11 is 0. The van der Waals surface area contributed by atoms with Crippen LogP contribution in [-0.2, 0) is 25.5 Å². The van der Waals surface area contributed by atoms with Gasteiger partial charge in [0.05, 0.1) is 11.2 Å². The quantitative estimate of drug-likeness (QED) is 0.532. The SMILES string of the molecule is CS(=O)(=O)Nc1ccc2c(c1)C1(CCC3(CC3)CC1)CN2C(=O)c1cccc(S(=O)(=O)NC2CC(F)C2)c1.[HH].[HH]. The summed E-state index contributed by atoms with van der Waals surface area (Å²) in [6.45, 7) is 0.467. The van der Waals surface area contributed by atoms with Crippen LogP contribution in [-0.4, -0.2) is 47.8 Å². The average Bonchev–Trinajstić information content (AvgIpc) is 3.54. The molecule has 11 heteroatoms. The van der Waals surface area contributed by atoms with Crippen LogP contribution < -0.4 is 14.3 Å². The van der Waals surface area contributed by atoms with Crippen molar-refractivity contribution in [2.45, 2.75) is 73.9 Å². The summed E-state index contributed by atoms with van der Waals surface area (Å²) in [7, 11) is -7.35. The van der Waals surface area contributed by atoms with Gasteiger partial charge in [-0.2, -0.15) is 0 Å². The first-order chi connectivity index (χ1) is 17.9. The van der Waals surface area contributed by atoms with Crippen molar-refractivity contribution < 1.29 is 28.9 Å². The Morgan fingerprint density at radius 3 is 2.32 bits per heavy atom. The Hall–Kier alpha value is -2.50. The predicted octanol–water partition coefficient (Wildman–Crippen LogP) is 4.58. The zero-order valence-corrected chi connectivity index (χ0v) is 22.9. The Bertz CT molecular complexity index is 1520. The molecule has 3 saturated carbocycles. The van der Waals surface area contributed by atoms with E-state index in [-0.39, 0.29) is 37.5 Å². The summed E-state index contributed by atoms with van der Waals surface area (Å²) in [6.07, 6.45) is 6.93. The number of amides is 1. The van der Waals surface area contributed by atoms with Gasteiger partial charge < -0.3 is 4.90 Å². The summed E-state index contributed by atoms with van der Waals surface area (Å²) in [5, 5.41) is 0. The number of anilines is 2. The Morgan fingerprint density at radius 2 is 1.68 bits per heavy atom. The minimum absolute atomic E-state index is 0. The zero-order valence-electron chi connectivity index (χ0n) is 21.2. The third kappa shape index (κ3) is 4.73. The lowest BCUT2D eigenvalue weighted by Crippen LogP contribution is -2.45. The fourth-order valence-electron chi connectivity index (χ4n) is 6.38. The smallest absolute Gasteiger partial charge is 0.258 e. The molecule has 4 aliphatic rings. The van der Waals surface area contributed by atoms with E-state index in [4.69, 9.17) is 0 Å². The molecule has 1 heterocycles. The van der Waals surface area contributed by atoms with Crippen molar-refractivity contribution in [3.05, 3.63) is 53.6 Å². The molecule has 1 amide bonds. The van der Waals surface area contributed by atoms with Crippen molar-refractivity contribution in [1.82, 2.24) is 4.72 Å². The minimum atomic E-state index is -3.89. The van der Waals surface area contributed by atoms with Crippen molar-refractivity contribution in [2.24, 2.45) is 5.41 Å². The number of nitrogens with one attached hydrogen (secondary N) is 2. The molecule has 2 spiro atoms. The molecule has 208 valence electrons. The van der Waals surface area contributed by atoms with Crippen molar-refractivity contribution in [1.29, 1.82) is 0 Å². The number of carbonyl (C=O) groups is 1. The molecule has 3 fully saturated rings. The van der Waals surface area contributed by atoms with E-state index < -0.39 is 32.3 Å². The minimum Gasteiger partial charge on any atom is -0.307 e. The highest BCUT2D eigenvalue weighted by Crippen LogP contribution is 2.62. The van der Waals surface area contributed by atoms with Gasteiger partial charge in [0.1, 0.15) is 6.17 Å². The van der Waals surface area contributed by atoms with Crippen LogP contribution in [0.1, 0.15) is 70.1 Å². The number of halogens is 1. The standard InChI is InChI=1S/C27H32FN3O5S2.2H2/c1-37(33,34)29-20-5-6-24-23(16-20)27(11-9-26(7-8-26)10-12-27)17-31(24)25(32)18-3-2-4-22(13-18)38(35,36)30-21-14-19(28)15-21;;/h2-6,13,16,19,21,29-30H,7-12,14-15,17H2,1H3;2*1H. The third-order valence-corrected chi connectivity index (χ3v) is 11.0. The number of benzene rings is 2. The molecule has 38 heavy (non-hydrogen) atoms. The molecule has 0 saturated heterocycles. The Morgan fingerprint density at radius 1 is 1.00 bits per heavy atom. The molecule has 1 aliphatic heterocycles. The van der Waals surface area contributed by atoms with Gasteiger partial charge in [0.25, 0.3) is 5.91 Å². The summed E-state index contributed by atoms with van der Waals surface area (Å²) < 4.78 is 67.8. The topological polar surface area (TPSA) is 113 Å². The van der Waals surface area contributed by atoms with Gasteiger partial charge in [-0.15, -0.1) is 0 Å². The van der Waals surface area contributed by atoms with E-state index in [0.29, 0.717) is 17.6 Å². The van der Waals surface area contributed by atoms with Gasteiger partial charge in [-0.3, -0.25) is 9.52 Å². The second kappa shape index (κ2) is 8.76. The van der Waals surface area contributed by atoms with E-state index in [1.807, 2.05) is 6.07 Å². The number of rotatable bonds is 6. The van der Waals surface area contributed by atoms with Crippen LogP contribution in [0.5, 0.6) is 0 Å². The lowest BCUT2D eigenvalue weighted by atomic mass is 9.66. The van der Waals surface area contributed by atoms with Gasteiger partial charge in [-0.25, -0.2) is 25.9 Å². The third-order valence-electron chi connectivity index (χ3n) is 8.89. The fourth-order valence-corrected chi connectivity index (χ4v) is 8.24. The summed E-state index contributed by atoms with van der Waals surface area (Å²) in [4.78, 5) is 15.5. The monoisotopic (exact) mass is 565 g/mol. The van der Waals surface area contributed by atoms with Crippen LogP contribution in [0.15, 0.2) is 47.4 Å². The number of hydrogen-bond donors (Lipinski definition) is 2. The number of nitrogens with zero attached hydrogens (tertiary/aromatic N) is 1. The number of alkyl halides is 1. The molecule has 2 aromatic carbocycles. The molecule has 2 N–H and O–H groups in total. The van der Waals surface area contributed by atoms with Crippen LogP contribution in [0.2, 0.25) is 0 Å². The van der Waals surface area contributed by atoms with Gasteiger partial charge in [0.15, 0.2) is 0 Å². The van der Waals surface area contributed by atoms with Crippen molar-refractivity contribution in [3.63, 3.8) is 0 Å². The number of fused-ring (bicyclic) bond motifs is 2. The highest BCUT2D eigenvalue weighted by atomic mass is 32.2. The summed E-state index contributed by atoms with van der Waals surface area (Å²) in [5.74, 6) is -0.303. The van der Waals surface area contributed by atoms with Crippen LogP contribution in [0.4, 0.5) is 15.8 Å². The molecule has 8 nitrogen and oxygen atoms in total. The van der Waals surface area contributed by atoms with E-state index in [9.17, 15) is 26.0 Å². The maximum absolute atomic E-state index is 13.9. The van der Waals surface area contributed by atoms with Gasteiger partial charge >= 0.3 is 0 Å².